The zero-order valence-corrected chi connectivity index (χ0v) is 23.6. The second kappa shape index (κ2) is 13.4. The molecule has 1 N–H and O–H groups in total. The third-order valence-electron chi connectivity index (χ3n) is 6.20. The first-order valence-corrected chi connectivity index (χ1v) is 14.1. The van der Waals surface area contributed by atoms with Crippen molar-refractivity contribution in [2.45, 2.75) is 72.8 Å². The van der Waals surface area contributed by atoms with Crippen molar-refractivity contribution in [3.63, 3.8) is 0 Å². The summed E-state index contributed by atoms with van der Waals surface area (Å²) in [5, 5.41) is 3.29. The Balaban J connectivity index is 1.91. The molecule has 196 valence electrons. The highest BCUT2D eigenvalue weighted by atomic mass is 32.2. The van der Waals surface area contributed by atoms with Crippen LogP contribution in [0.2, 0.25) is 0 Å². The fraction of sp³-hybridized carbons (Fsp3) is 0.556. The van der Waals surface area contributed by atoms with Crippen molar-refractivity contribution in [2.24, 2.45) is 5.92 Å². The van der Waals surface area contributed by atoms with E-state index in [9.17, 15) is 9.59 Å². The molecule has 9 heteroatoms. The van der Waals surface area contributed by atoms with Crippen molar-refractivity contribution in [2.75, 3.05) is 25.0 Å². The Labute approximate surface area is 223 Å². The standard InChI is InChI=1S/C27H38N4O3S2/c1-6-8-10-20(7-2)17-31-26(33)22(36-27(31)35)15-21-24(28-13-9-14-34-18(3)4)29-23-12-11-19(5)16-30(23)25(21)32/h11-12,15-16,18,20,28H,6-10,13-14,17H2,1-5H3/b22-15-. The molecule has 2 aromatic heterocycles. The Hall–Kier alpha value is -2.23. The van der Waals surface area contributed by atoms with Gasteiger partial charge in [-0.05, 0) is 57.2 Å². The fourth-order valence-electron chi connectivity index (χ4n) is 4.09. The quantitative estimate of drug-likeness (QED) is 0.204. The molecule has 0 spiro atoms. The van der Waals surface area contributed by atoms with E-state index in [0.29, 0.717) is 51.9 Å². The van der Waals surface area contributed by atoms with E-state index in [1.165, 1.54) is 16.2 Å². The lowest BCUT2D eigenvalue weighted by Gasteiger charge is -2.21. The predicted octanol–water partition coefficient (Wildman–Crippen LogP) is 5.65. The Morgan fingerprint density at radius 1 is 1.22 bits per heavy atom. The first kappa shape index (κ1) is 28.3. The number of unbranched alkanes of at least 4 members (excludes halogenated alkanes) is 1. The van der Waals surface area contributed by atoms with Crippen molar-refractivity contribution in [3.05, 3.63) is 44.7 Å². The number of hydrogen-bond donors (Lipinski definition) is 1. The van der Waals surface area contributed by atoms with E-state index in [1.807, 2.05) is 32.9 Å². The average molecular weight is 531 g/mol. The number of ether oxygens (including phenoxy) is 1. The number of nitrogens with zero attached hydrogens (tertiary/aromatic N) is 3. The van der Waals surface area contributed by atoms with Gasteiger partial charge < -0.3 is 10.1 Å². The number of carbonyl (C=O) groups is 1. The molecule has 2 aromatic rings. The first-order chi connectivity index (χ1) is 17.2. The number of aromatic nitrogens is 2. The number of pyridine rings is 1. The summed E-state index contributed by atoms with van der Waals surface area (Å²) in [5.74, 6) is 0.742. The number of hydrogen-bond acceptors (Lipinski definition) is 7. The van der Waals surface area contributed by atoms with Crippen LogP contribution in [0.5, 0.6) is 0 Å². The smallest absolute Gasteiger partial charge is 0.267 e. The van der Waals surface area contributed by atoms with Gasteiger partial charge in [-0.1, -0.05) is 63.2 Å². The van der Waals surface area contributed by atoms with Crippen LogP contribution in [0.3, 0.4) is 0 Å². The molecule has 1 fully saturated rings. The molecule has 0 bridgehead atoms. The Morgan fingerprint density at radius 3 is 2.69 bits per heavy atom. The van der Waals surface area contributed by atoms with Gasteiger partial charge in [-0.25, -0.2) is 4.98 Å². The summed E-state index contributed by atoms with van der Waals surface area (Å²) in [6.45, 7) is 12.1. The monoisotopic (exact) mass is 530 g/mol. The van der Waals surface area contributed by atoms with Gasteiger partial charge in [0.1, 0.15) is 15.8 Å². The number of fused-ring (bicyclic) bond motifs is 1. The van der Waals surface area contributed by atoms with Crippen LogP contribution in [-0.2, 0) is 9.53 Å². The van der Waals surface area contributed by atoms with Crippen LogP contribution in [0.15, 0.2) is 28.0 Å². The largest absolute Gasteiger partial charge is 0.379 e. The van der Waals surface area contributed by atoms with Crippen LogP contribution < -0.4 is 10.9 Å². The van der Waals surface area contributed by atoms with Crippen molar-refractivity contribution in [3.8, 4) is 0 Å². The van der Waals surface area contributed by atoms with Gasteiger partial charge in [-0.15, -0.1) is 0 Å². The lowest BCUT2D eigenvalue weighted by molar-refractivity contribution is -0.122. The van der Waals surface area contributed by atoms with Crippen LogP contribution in [0.4, 0.5) is 5.82 Å². The molecule has 1 saturated heterocycles. The van der Waals surface area contributed by atoms with Crippen molar-refractivity contribution in [1.29, 1.82) is 0 Å². The van der Waals surface area contributed by atoms with Gasteiger partial charge in [0.05, 0.1) is 16.6 Å². The molecule has 3 heterocycles. The van der Waals surface area contributed by atoms with Crippen molar-refractivity contribution < 1.29 is 9.53 Å². The summed E-state index contributed by atoms with van der Waals surface area (Å²) in [6, 6.07) is 3.75. The van der Waals surface area contributed by atoms with Gasteiger partial charge in [0.15, 0.2) is 0 Å². The Bertz CT molecular complexity index is 1180. The molecular weight excluding hydrogens is 492 g/mol. The van der Waals surface area contributed by atoms with E-state index >= 15 is 0 Å². The second-order valence-corrected chi connectivity index (χ2v) is 11.2. The molecule has 36 heavy (non-hydrogen) atoms. The van der Waals surface area contributed by atoms with Crippen molar-refractivity contribution in [1.82, 2.24) is 14.3 Å². The molecule has 1 aliphatic rings. The Kier molecular flexibility index (Phi) is 10.5. The van der Waals surface area contributed by atoms with Crippen LogP contribution in [0.25, 0.3) is 11.7 Å². The van der Waals surface area contributed by atoms with Gasteiger partial charge in [0.2, 0.25) is 0 Å². The third kappa shape index (κ3) is 7.17. The molecule has 1 amide bonds. The molecule has 0 aromatic carbocycles. The van der Waals surface area contributed by atoms with E-state index in [0.717, 1.165) is 37.7 Å². The first-order valence-electron chi connectivity index (χ1n) is 12.9. The summed E-state index contributed by atoms with van der Waals surface area (Å²) in [4.78, 5) is 33.7. The lowest BCUT2D eigenvalue weighted by atomic mass is 9.99. The number of aryl methyl sites for hydroxylation is 1. The molecule has 0 saturated carbocycles. The van der Waals surface area contributed by atoms with E-state index in [-0.39, 0.29) is 17.6 Å². The Morgan fingerprint density at radius 2 is 2.00 bits per heavy atom. The summed E-state index contributed by atoms with van der Waals surface area (Å²) in [7, 11) is 0. The highest BCUT2D eigenvalue weighted by molar-refractivity contribution is 8.26. The highest BCUT2D eigenvalue weighted by Crippen LogP contribution is 2.34. The van der Waals surface area contributed by atoms with E-state index < -0.39 is 0 Å². The average Bonchev–Trinajstić information content (AvgIpc) is 3.10. The van der Waals surface area contributed by atoms with Gasteiger partial charge >= 0.3 is 0 Å². The number of thiocarbonyl (C=S) groups is 1. The molecule has 1 unspecified atom stereocenters. The van der Waals surface area contributed by atoms with Gasteiger partial charge in [0, 0.05) is 25.9 Å². The topological polar surface area (TPSA) is 75.9 Å². The van der Waals surface area contributed by atoms with Gasteiger partial charge in [-0.2, -0.15) is 0 Å². The molecule has 1 atom stereocenters. The molecule has 3 rings (SSSR count). The normalized spacial score (nSPS) is 16.1. The SMILES string of the molecule is CCCCC(CC)CN1C(=O)/C(=C/c2c(NCCCOC(C)C)nc3ccc(C)cn3c2=O)SC1=S. The fourth-order valence-corrected chi connectivity index (χ4v) is 5.34. The van der Waals surface area contributed by atoms with Crippen LogP contribution in [-0.4, -0.2) is 50.3 Å². The highest BCUT2D eigenvalue weighted by Gasteiger charge is 2.33. The number of nitrogens with one attached hydrogen (secondary N) is 1. The lowest BCUT2D eigenvalue weighted by Crippen LogP contribution is -2.33. The van der Waals surface area contributed by atoms with Crippen molar-refractivity contribution >= 4 is 51.7 Å². The molecular formula is C27H38N4O3S2. The summed E-state index contributed by atoms with van der Waals surface area (Å²) in [6.07, 6.45) is 8.71. The number of carbonyl (C=O) groups excluding carboxylic acids is 1. The minimum Gasteiger partial charge on any atom is -0.379 e. The van der Waals surface area contributed by atoms with E-state index in [2.05, 4.69) is 19.2 Å². The minimum absolute atomic E-state index is 0.134. The van der Waals surface area contributed by atoms with Crippen LogP contribution in [0.1, 0.15) is 70.9 Å². The predicted molar refractivity (Wildman–Crippen MR) is 154 cm³/mol. The summed E-state index contributed by atoms with van der Waals surface area (Å²) in [5.41, 5.74) is 1.65. The maximum absolute atomic E-state index is 13.5. The third-order valence-corrected chi connectivity index (χ3v) is 7.58. The minimum atomic E-state index is -0.218. The zero-order chi connectivity index (χ0) is 26.2. The number of thioether (sulfide) groups is 1. The summed E-state index contributed by atoms with van der Waals surface area (Å²) >= 11 is 6.83. The van der Waals surface area contributed by atoms with Crippen LogP contribution >= 0.6 is 24.0 Å². The number of amides is 1. The second-order valence-electron chi connectivity index (χ2n) is 9.52. The molecule has 1 aliphatic heterocycles. The van der Waals surface area contributed by atoms with Gasteiger partial charge in [0.25, 0.3) is 11.5 Å². The molecule has 0 radical (unpaired) electrons. The van der Waals surface area contributed by atoms with Gasteiger partial charge in [-0.3, -0.25) is 18.9 Å². The maximum atomic E-state index is 13.5. The summed E-state index contributed by atoms with van der Waals surface area (Å²) < 4.78 is 7.70. The number of anilines is 1. The molecule has 7 nitrogen and oxygen atoms in total. The van der Waals surface area contributed by atoms with E-state index in [1.54, 1.807) is 17.2 Å². The number of rotatable bonds is 13. The zero-order valence-electron chi connectivity index (χ0n) is 22.0. The van der Waals surface area contributed by atoms with Crippen LogP contribution in [0, 0.1) is 12.8 Å². The maximum Gasteiger partial charge on any atom is 0.267 e. The molecule has 0 aliphatic carbocycles. The van der Waals surface area contributed by atoms with E-state index in [4.69, 9.17) is 21.9 Å².